The van der Waals surface area contributed by atoms with Crippen molar-refractivity contribution in [2.24, 2.45) is 0 Å². The van der Waals surface area contributed by atoms with E-state index in [4.69, 9.17) is 0 Å². The van der Waals surface area contributed by atoms with Crippen LogP contribution in [0, 0.1) is 0 Å². The molecule has 2 aromatic carbocycles. The van der Waals surface area contributed by atoms with Crippen LogP contribution in [0.3, 0.4) is 0 Å². The van der Waals surface area contributed by atoms with Gasteiger partial charge in [-0.3, -0.25) is 4.98 Å². The molecule has 0 aliphatic heterocycles. The molecule has 146 valence electrons. The third kappa shape index (κ3) is 4.05. The van der Waals surface area contributed by atoms with Gasteiger partial charge in [-0.25, -0.2) is 9.19 Å². The third-order valence-corrected chi connectivity index (χ3v) is 6.26. The molecule has 1 N–H and O–H groups in total. The number of anilines is 2. The van der Waals surface area contributed by atoms with E-state index in [9.17, 15) is 4.21 Å². The Kier molecular flexibility index (Phi) is 5.16. The van der Waals surface area contributed by atoms with Crippen LogP contribution in [0.4, 0.5) is 11.5 Å². The minimum Gasteiger partial charge on any atom is -0.340 e. The van der Waals surface area contributed by atoms with Crippen molar-refractivity contribution < 1.29 is 4.21 Å². The Morgan fingerprint density at radius 2 is 1.52 bits per heavy atom. The summed E-state index contributed by atoms with van der Waals surface area (Å²) in [5, 5.41) is 5.27. The Bertz CT molecular complexity index is 1170. The van der Waals surface area contributed by atoms with Crippen LogP contribution in [0.2, 0.25) is 0 Å². The molecular weight excluding hydrogens is 378 g/mol. The van der Waals surface area contributed by atoms with Gasteiger partial charge in [0.1, 0.15) is 5.82 Å². The minimum absolute atomic E-state index is 0.113. The number of hydrogen-bond acceptors (Lipinski definition) is 4. The molecule has 0 spiro atoms. The van der Waals surface area contributed by atoms with Gasteiger partial charge in [0.25, 0.3) is 0 Å². The topological polar surface area (TPSA) is 54.9 Å². The lowest BCUT2D eigenvalue weighted by Gasteiger charge is -2.19. The number of hydrogen-bond donors (Lipinski definition) is 1. The average molecular weight is 402 g/mol. The molecule has 5 heteroatoms. The maximum Gasteiger partial charge on any atom is 0.138 e. The molecule has 2 heterocycles. The van der Waals surface area contributed by atoms with E-state index in [-0.39, 0.29) is 5.41 Å². The molecule has 2 aromatic heterocycles. The van der Waals surface area contributed by atoms with Crippen molar-refractivity contribution in [2.75, 3.05) is 5.32 Å². The summed E-state index contributed by atoms with van der Waals surface area (Å²) in [6, 6.07) is 19.9. The molecule has 1 atom stereocenters. The van der Waals surface area contributed by atoms with E-state index in [1.165, 1.54) is 5.56 Å². The van der Waals surface area contributed by atoms with Crippen molar-refractivity contribution in [3.63, 3.8) is 0 Å². The van der Waals surface area contributed by atoms with Crippen LogP contribution in [0.25, 0.3) is 10.8 Å². The summed E-state index contributed by atoms with van der Waals surface area (Å²) in [4.78, 5) is 10.0. The van der Waals surface area contributed by atoms with E-state index in [0.29, 0.717) is 9.79 Å². The highest BCUT2D eigenvalue weighted by molar-refractivity contribution is 7.85. The molecule has 0 saturated carbocycles. The number of pyridine rings is 2. The van der Waals surface area contributed by atoms with Crippen molar-refractivity contribution in [2.45, 2.75) is 36.0 Å². The Balaban J connectivity index is 1.71. The second kappa shape index (κ2) is 7.76. The monoisotopic (exact) mass is 401 g/mol. The fourth-order valence-electron chi connectivity index (χ4n) is 3.19. The first-order chi connectivity index (χ1) is 13.9. The fraction of sp³-hybridized carbons (Fsp3) is 0.167. The molecule has 1 unspecified atom stereocenters. The molecule has 4 rings (SSSR count). The highest BCUT2D eigenvalue weighted by atomic mass is 32.2. The van der Waals surface area contributed by atoms with Crippen LogP contribution >= 0.6 is 0 Å². The summed E-state index contributed by atoms with van der Waals surface area (Å²) in [6.07, 6.45) is 5.00. The Labute approximate surface area is 173 Å². The molecule has 0 fully saturated rings. The maximum absolute atomic E-state index is 13.1. The SMILES string of the molecule is CC(C)(C)c1ccc(Nc2ncc(S(=O)c3ccncc3)c3ccccc23)cc1. The zero-order chi connectivity index (χ0) is 20.4. The van der Waals surface area contributed by atoms with Gasteiger partial charge < -0.3 is 5.32 Å². The van der Waals surface area contributed by atoms with E-state index >= 15 is 0 Å². The standard InChI is InChI=1S/C24H23N3OS/c1-24(2,3)17-8-10-18(11-9-17)27-23-21-7-5-4-6-20(21)22(16-26-23)29(28)19-12-14-25-15-13-19/h4-16H,1-3H3,(H,26,27). The van der Waals surface area contributed by atoms with Gasteiger partial charge in [0, 0.05) is 39.9 Å². The second-order valence-corrected chi connectivity index (χ2v) is 9.37. The molecule has 0 aliphatic rings. The summed E-state index contributed by atoms with van der Waals surface area (Å²) >= 11 is 0. The van der Waals surface area contributed by atoms with Gasteiger partial charge >= 0.3 is 0 Å². The third-order valence-electron chi connectivity index (χ3n) is 4.84. The molecule has 0 radical (unpaired) electrons. The second-order valence-electron chi connectivity index (χ2n) is 7.92. The first kappa shape index (κ1) is 19.3. The van der Waals surface area contributed by atoms with Crippen LogP contribution in [0.5, 0.6) is 0 Å². The molecule has 29 heavy (non-hydrogen) atoms. The van der Waals surface area contributed by atoms with Crippen molar-refractivity contribution in [3.05, 3.63) is 84.8 Å². The van der Waals surface area contributed by atoms with Gasteiger partial charge in [-0.1, -0.05) is 57.2 Å². The smallest absolute Gasteiger partial charge is 0.138 e. The van der Waals surface area contributed by atoms with Gasteiger partial charge in [-0.05, 0) is 35.2 Å². The summed E-state index contributed by atoms with van der Waals surface area (Å²) in [6.45, 7) is 6.60. The number of nitrogens with one attached hydrogen (secondary N) is 1. The molecule has 4 nitrogen and oxygen atoms in total. The average Bonchev–Trinajstić information content (AvgIpc) is 2.74. The zero-order valence-electron chi connectivity index (χ0n) is 16.7. The number of nitrogens with zero attached hydrogens (tertiary/aromatic N) is 2. The molecule has 4 aromatic rings. The van der Waals surface area contributed by atoms with Crippen molar-refractivity contribution in [1.29, 1.82) is 0 Å². The predicted molar refractivity (Wildman–Crippen MR) is 119 cm³/mol. The summed E-state index contributed by atoms with van der Waals surface area (Å²) < 4.78 is 13.1. The molecule has 0 bridgehead atoms. The lowest BCUT2D eigenvalue weighted by molar-refractivity contribution is 0.590. The van der Waals surface area contributed by atoms with Crippen molar-refractivity contribution in [1.82, 2.24) is 9.97 Å². The van der Waals surface area contributed by atoms with Gasteiger partial charge in [0.05, 0.1) is 15.7 Å². The maximum atomic E-state index is 13.1. The first-order valence-electron chi connectivity index (χ1n) is 9.50. The highest BCUT2D eigenvalue weighted by Gasteiger charge is 2.15. The zero-order valence-corrected chi connectivity index (χ0v) is 17.5. The van der Waals surface area contributed by atoms with Gasteiger partial charge in [-0.15, -0.1) is 0 Å². The van der Waals surface area contributed by atoms with E-state index in [2.05, 4.69) is 60.3 Å². The summed E-state index contributed by atoms with van der Waals surface area (Å²) in [5.74, 6) is 0.750. The van der Waals surface area contributed by atoms with E-state index in [1.54, 1.807) is 30.7 Å². The van der Waals surface area contributed by atoms with Crippen LogP contribution in [-0.2, 0) is 16.2 Å². The normalized spacial score (nSPS) is 12.7. The Morgan fingerprint density at radius 3 is 2.17 bits per heavy atom. The van der Waals surface area contributed by atoms with Crippen molar-refractivity contribution in [3.8, 4) is 0 Å². The van der Waals surface area contributed by atoms with Crippen LogP contribution in [-0.4, -0.2) is 14.2 Å². The number of benzene rings is 2. The highest BCUT2D eigenvalue weighted by Crippen LogP contribution is 2.31. The van der Waals surface area contributed by atoms with Gasteiger partial charge in [0.15, 0.2) is 0 Å². The van der Waals surface area contributed by atoms with Crippen LogP contribution in [0.15, 0.2) is 89.0 Å². The number of aromatic nitrogens is 2. The first-order valence-corrected chi connectivity index (χ1v) is 10.7. The fourth-order valence-corrected chi connectivity index (χ4v) is 4.34. The van der Waals surface area contributed by atoms with E-state index < -0.39 is 10.8 Å². The lowest BCUT2D eigenvalue weighted by Crippen LogP contribution is -2.10. The largest absolute Gasteiger partial charge is 0.340 e. The quantitative estimate of drug-likeness (QED) is 0.467. The van der Waals surface area contributed by atoms with Gasteiger partial charge in [0.2, 0.25) is 0 Å². The van der Waals surface area contributed by atoms with Crippen LogP contribution < -0.4 is 5.32 Å². The molecule has 0 aliphatic carbocycles. The predicted octanol–water partition coefficient (Wildman–Crippen LogP) is 5.84. The van der Waals surface area contributed by atoms with E-state index in [1.807, 2.05) is 24.3 Å². The molecular formula is C24H23N3OS. The van der Waals surface area contributed by atoms with Crippen molar-refractivity contribution >= 4 is 33.1 Å². The molecule has 0 saturated heterocycles. The number of rotatable bonds is 4. The summed E-state index contributed by atoms with van der Waals surface area (Å²) in [5.41, 5.74) is 2.37. The number of fused-ring (bicyclic) bond motifs is 1. The minimum atomic E-state index is -1.32. The Hall–Kier alpha value is -3.05. The Morgan fingerprint density at radius 1 is 0.862 bits per heavy atom. The van der Waals surface area contributed by atoms with Gasteiger partial charge in [-0.2, -0.15) is 0 Å². The summed E-state index contributed by atoms with van der Waals surface area (Å²) in [7, 11) is -1.32. The molecule has 0 amide bonds. The van der Waals surface area contributed by atoms with E-state index in [0.717, 1.165) is 22.3 Å². The lowest BCUT2D eigenvalue weighted by atomic mass is 9.87. The van der Waals surface area contributed by atoms with Crippen LogP contribution in [0.1, 0.15) is 26.3 Å².